The number of rotatable bonds is 3. The molecule has 0 saturated carbocycles. The average molecular weight is 198 g/mol. The Labute approximate surface area is 79.7 Å². The largest absolute Gasteiger partial charge is 0.464 e. The molecular formula is C6H10N6O2. The van der Waals surface area contributed by atoms with Crippen LogP contribution in [0.1, 0.15) is 17.5 Å². The zero-order chi connectivity index (χ0) is 10.6. The van der Waals surface area contributed by atoms with Crippen LogP contribution in [0.4, 0.5) is 5.95 Å². The highest BCUT2D eigenvalue weighted by molar-refractivity contribution is 5.90. The second-order valence-corrected chi connectivity index (χ2v) is 2.21. The molecule has 0 bridgehead atoms. The zero-order valence-electron chi connectivity index (χ0n) is 7.52. The van der Waals surface area contributed by atoms with Gasteiger partial charge in [0.2, 0.25) is 11.8 Å². The fourth-order valence-electron chi connectivity index (χ4n) is 0.732. The predicted molar refractivity (Wildman–Crippen MR) is 47.1 cm³/mol. The number of ether oxygens (including phenoxy) is 1. The van der Waals surface area contributed by atoms with Crippen LogP contribution in [0.2, 0.25) is 0 Å². The van der Waals surface area contributed by atoms with Gasteiger partial charge in [0, 0.05) is 0 Å². The summed E-state index contributed by atoms with van der Waals surface area (Å²) < 4.78 is 4.96. The summed E-state index contributed by atoms with van der Waals surface area (Å²) in [5.41, 5.74) is 7.19. The molecule has 0 aliphatic heterocycles. The molecule has 8 heteroatoms. The molecule has 14 heavy (non-hydrogen) atoms. The van der Waals surface area contributed by atoms with Crippen molar-refractivity contribution in [3.05, 3.63) is 5.82 Å². The second-order valence-electron chi connectivity index (χ2n) is 2.21. The summed E-state index contributed by atoms with van der Waals surface area (Å²) in [4.78, 5) is 21.9. The maximum absolute atomic E-state index is 11.0. The van der Waals surface area contributed by atoms with Gasteiger partial charge in [-0.05, 0) is 6.92 Å². The van der Waals surface area contributed by atoms with Gasteiger partial charge in [0.05, 0.1) is 6.61 Å². The topological polar surface area (TPSA) is 129 Å². The lowest BCUT2D eigenvalue weighted by Gasteiger charge is -2.03. The van der Waals surface area contributed by atoms with E-state index in [0.717, 1.165) is 0 Å². The Kier molecular flexibility index (Phi) is 3.13. The van der Waals surface area contributed by atoms with E-state index >= 15 is 0 Å². The third-order valence-corrected chi connectivity index (χ3v) is 1.24. The van der Waals surface area contributed by atoms with Gasteiger partial charge in [0.1, 0.15) is 0 Å². The van der Waals surface area contributed by atoms with Crippen LogP contribution in [0.25, 0.3) is 0 Å². The summed E-state index contributed by atoms with van der Waals surface area (Å²) in [6.45, 7) is 2.12. The van der Waals surface area contributed by atoms with E-state index in [1.54, 1.807) is 6.92 Å². The molecule has 0 unspecified atom stereocenters. The van der Waals surface area contributed by atoms with E-state index in [2.05, 4.69) is 15.0 Å². The Balaban J connectivity index is 3.00. The quantitative estimate of drug-likeness (QED) is 0.304. The summed E-state index contributed by atoms with van der Waals surface area (Å²) in [6.07, 6.45) is 0. The molecule has 0 aromatic carbocycles. The van der Waals surface area contributed by atoms with E-state index < -0.39 is 5.91 Å². The number of nitrogen functional groups attached to an aromatic ring is 2. The molecule has 1 aromatic heterocycles. The van der Waals surface area contributed by atoms with Crippen molar-refractivity contribution < 1.29 is 9.53 Å². The number of aromatic nitrogens is 3. The molecule has 1 aromatic rings. The van der Waals surface area contributed by atoms with Gasteiger partial charge in [0.15, 0.2) is 0 Å². The van der Waals surface area contributed by atoms with Crippen molar-refractivity contribution >= 4 is 11.9 Å². The van der Waals surface area contributed by atoms with Crippen LogP contribution in [-0.4, -0.2) is 27.5 Å². The number of nitrogens with zero attached hydrogens (tertiary/aromatic N) is 3. The molecular weight excluding hydrogens is 188 g/mol. The first-order valence-corrected chi connectivity index (χ1v) is 3.82. The monoisotopic (exact) mass is 198 g/mol. The molecule has 0 spiro atoms. The van der Waals surface area contributed by atoms with Crippen molar-refractivity contribution in [2.45, 2.75) is 6.92 Å². The predicted octanol–water partition coefficient (Wildman–Crippen LogP) is -1.54. The number of nitrogens with one attached hydrogen (secondary N) is 1. The molecule has 1 amide bonds. The fourth-order valence-corrected chi connectivity index (χ4v) is 0.732. The average Bonchev–Trinajstić information content (AvgIpc) is 2.16. The van der Waals surface area contributed by atoms with Crippen molar-refractivity contribution in [1.82, 2.24) is 20.4 Å². The van der Waals surface area contributed by atoms with Crippen LogP contribution >= 0.6 is 0 Å². The lowest BCUT2D eigenvalue weighted by Crippen LogP contribution is -2.32. The van der Waals surface area contributed by atoms with E-state index in [4.69, 9.17) is 16.3 Å². The van der Waals surface area contributed by atoms with Crippen LogP contribution in [0.15, 0.2) is 0 Å². The Morgan fingerprint density at radius 2 is 2.21 bits per heavy atom. The van der Waals surface area contributed by atoms with E-state index in [1.165, 1.54) is 0 Å². The van der Waals surface area contributed by atoms with Crippen molar-refractivity contribution in [2.75, 3.05) is 12.3 Å². The maximum Gasteiger partial charge on any atom is 0.321 e. The van der Waals surface area contributed by atoms with Gasteiger partial charge in [-0.3, -0.25) is 10.2 Å². The highest BCUT2D eigenvalue weighted by atomic mass is 16.5. The lowest BCUT2D eigenvalue weighted by molar-refractivity contribution is 0.0941. The SMILES string of the molecule is CCOc1nc(N)nc(C(=O)NN)n1. The van der Waals surface area contributed by atoms with Crippen LogP contribution < -0.4 is 21.7 Å². The summed E-state index contributed by atoms with van der Waals surface area (Å²) in [5.74, 6) is 3.97. The molecule has 76 valence electrons. The third kappa shape index (κ3) is 2.26. The van der Waals surface area contributed by atoms with Gasteiger partial charge >= 0.3 is 11.9 Å². The Morgan fingerprint density at radius 1 is 1.50 bits per heavy atom. The summed E-state index contributed by atoms with van der Waals surface area (Å²) in [7, 11) is 0. The van der Waals surface area contributed by atoms with Gasteiger partial charge in [-0.25, -0.2) is 5.84 Å². The molecule has 0 atom stereocenters. The van der Waals surface area contributed by atoms with Crippen molar-refractivity contribution in [1.29, 1.82) is 0 Å². The Hall–Kier alpha value is -1.96. The highest BCUT2D eigenvalue weighted by Gasteiger charge is 2.11. The minimum atomic E-state index is -0.653. The summed E-state index contributed by atoms with van der Waals surface area (Å²) >= 11 is 0. The second kappa shape index (κ2) is 4.33. The van der Waals surface area contributed by atoms with Crippen LogP contribution in [0, 0.1) is 0 Å². The third-order valence-electron chi connectivity index (χ3n) is 1.24. The normalized spacial score (nSPS) is 9.57. The van der Waals surface area contributed by atoms with Gasteiger partial charge in [-0.2, -0.15) is 15.0 Å². The van der Waals surface area contributed by atoms with E-state index in [0.29, 0.717) is 6.61 Å². The Morgan fingerprint density at radius 3 is 2.79 bits per heavy atom. The van der Waals surface area contributed by atoms with E-state index in [1.807, 2.05) is 5.43 Å². The zero-order valence-corrected chi connectivity index (χ0v) is 7.52. The standard InChI is InChI=1S/C6H10N6O2/c1-2-14-6-10-3(4(13)12-8)9-5(7)11-6/h2,8H2,1H3,(H,12,13)(H2,7,9,10,11). The number of carbonyl (C=O) groups excluding carboxylic acids is 1. The number of hydrazine groups is 1. The minimum absolute atomic E-state index is 0.00130. The number of amides is 1. The first-order chi connectivity index (χ1) is 6.67. The molecule has 0 radical (unpaired) electrons. The van der Waals surface area contributed by atoms with Crippen LogP contribution in [0.5, 0.6) is 6.01 Å². The van der Waals surface area contributed by atoms with Crippen LogP contribution in [-0.2, 0) is 0 Å². The van der Waals surface area contributed by atoms with Crippen molar-refractivity contribution in [3.8, 4) is 6.01 Å². The number of nitrogens with two attached hydrogens (primary N) is 2. The molecule has 8 nitrogen and oxygen atoms in total. The summed E-state index contributed by atoms with van der Waals surface area (Å²) in [6, 6.07) is -0.00130. The first kappa shape index (κ1) is 10.1. The molecule has 0 fully saturated rings. The van der Waals surface area contributed by atoms with E-state index in [-0.39, 0.29) is 17.8 Å². The van der Waals surface area contributed by atoms with Gasteiger partial charge in [-0.1, -0.05) is 0 Å². The van der Waals surface area contributed by atoms with Gasteiger partial charge in [-0.15, -0.1) is 0 Å². The minimum Gasteiger partial charge on any atom is -0.464 e. The highest BCUT2D eigenvalue weighted by Crippen LogP contribution is 2.04. The number of carbonyl (C=O) groups is 1. The molecule has 0 aliphatic carbocycles. The number of hydrogen-bond acceptors (Lipinski definition) is 7. The molecule has 0 saturated heterocycles. The number of hydrogen-bond donors (Lipinski definition) is 3. The molecule has 0 aliphatic rings. The fraction of sp³-hybridized carbons (Fsp3) is 0.333. The van der Waals surface area contributed by atoms with E-state index in [9.17, 15) is 4.79 Å². The first-order valence-electron chi connectivity index (χ1n) is 3.82. The maximum atomic E-state index is 11.0. The molecule has 1 rings (SSSR count). The van der Waals surface area contributed by atoms with Crippen LogP contribution in [0.3, 0.4) is 0 Å². The lowest BCUT2D eigenvalue weighted by atomic mass is 10.6. The molecule has 5 N–H and O–H groups in total. The van der Waals surface area contributed by atoms with Gasteiger partial charge in [0.25, 0.3) is 0 Å². The smallest absolute Gasteiger partial charge is 0.321 e. The Bertz CT molecular complexity index is 341. The van der Waals surface area contributed by atoms with Gasteiger partial charge < -0.3 is 10.5 Å². The number of anilines is 1. The summed E-state index contributed by atoms with van der Waals surface area (Å²) in [5, 5.41) is 0. The molecule has 1 heterocycles. The van der Waals surface area contributed by atoms with Crippen molar-refractivity contribution in [3.63, 3.8) is 0 Å². The van der Waals surface area contributed by atoms with Crippen molar-refractivity contribution in [2.24, 2.45) is 5.84 Å².